The Labute approximate surface area is 174 Å². The molecule has 0 saturated heterocycles. The molecule has 1 aromatic heterocycles. The Balaban J connectivity index is 2.12. The van der Waals surface area contributed by atoms with Crippen molar-refractivity contribution in [2.45, 2.75) is 6.92 Å². The third kappa shape index (κ3) is 4.14. The highest BCUT2D eigenvalue weighted by Crippen LogP contribution is 2.45. The number of methoxy groups -OCH3 is 4. The maximum Gasteiger partial charge on any atom is 0.221 e. The van der Waals surface area contributed by atoms with Crippen LogP contribution in [0.5, 0.6) is 23.0 Å². The van der Waals surface area contributed by atoms with Gasteiger partial charge in [0.05, 0.1) is 34.1 Å². The van der Waals surface area contributed by atoms with Gasteiger partial charge in [-0.25, -0.2) is 0 Å². The molecule has 152 valence electrons. The minimum absolute atomic E-state index is 0.156. The SMILES string of the molecule is COc1ccc(-c2sccc2-c2cc(OC)c(OC)c(OC)c2)cc1NC(C)=O. The van der Waals surface area contributed by atoms with Gasteiger partial charge in [0.1, 0.15) is 5.75 Å². The molecule has 7 heteroatoms. The van der Waals surface area contributed by atoms with Gasteiger partial charge in [-0.1, -0.05) is 0 Å². The molecule has 29 heavy (non-hydrogen) atoms. The van der Waals surface area contributed by atoms with Gasteiger partial charge in [-0.2, -0.15) is 0 Å². The van der Waals surface area contributed by atoms with E-state index in [0.29, 0.717) is 28.7 Å². The number of carbonyl (C=O) groups excluding carboxylic acids is 1. The Kier molecular flexibility index (Phi) is 6.29. The number of nitrogens with one attached hydrogen (secondary N) is 1. The van der Waals surface area contributed by atoms with Crippen LogP contribution < -0.4 is 24.3 Å². The molecule has 2 aromatic carbocycles. The molecule has 3 rings (SSSR count). The van der Waals surface area contributed by atoms with Crippen LogP contribution in [0.15, 0.2) is 41.8 Å². The van der Waals surface area contributed by atoms with Crippen molar-refractivity contribution in [3.8, 4) is 44.6 Å². The van der Waals surface area contributed by atoms with E-state index in [-0.39, 0.29) is 5.91 Å². The van der Waals surface area contributed by atoms with Crippen molar-refractivity contribution in [2.75, 3.05) is 33.8 Å². The zero-order valence-corrected chi connectivity index (χ0v) is 17.8. The van der Waals surface area contributed by atoms with Crippen molar-refractivity contribution in [1.29, 1.82) is 0 Å². The van der Waals surface area contributed by atoms with Gasteiger partial charge in [0, 0.05) is 17.4 Å². The fraction of sp³-hybridized carbons (Fsp3) is 0.227. The van der Waals surface area contributed by atoms with Gasteiger partial charge in [-0.05, 0) is 52.9 Å². The fourth-order valence-corrected chi connectivity index (χ4v) is 4.05. The molecule has 0 aliphatic rings. The van der Waals surface area contributed by atoms with Crippen molar-refractivity contribution in [2.24, 2.45) is 0 Å². The van der Waals surface area contributed by atoms with Gasteiger partial charge in [0.15, 0.2) is 11.5 Å². The molecular weight excluding hydrogens is 390 g/mol. The summed E-state index contributed by atoms with van der Waals surface area (Å²) in [6, 6.07) is 11.6. The maximum absolute atomic E-state index is 11.6. The van der Waals surface area contributed by atoms with E-state index in [1.54, 1.807) is 39.8 Å². The summed E-state index contributed by atoms with van der Waals surface area (Å²) in [5.74, 6) is 2.18. The summed E-state index contributed by atoms with van der Waals surface area (Å²) in [5, 5.41) is 4.85. The van der Waals surface area contributed by atoms with Crippen molar-refractivity contribution in [3.63, 3.8) is 0 Å². The van der Waals surface area contributed by atoms with E-state index in [1.165, 1.54) is 6.92 Å². The van der Waals surface area contributed by atoms with Crippen LogP contribution in [0.2, 0.25) is 0 Å². The molecule has 0 aliphatic carbocycles. The first-order chi connectivity index (χ1) is 14.0. The molecule has 1 N–H and O–H groups in total. The number of ether oxygens (including phenoxy) is 4. The molecule has 1 heterocycles. The molecule has 0 atom stereocenters. The van der Waals surface area contributed by atoms with E-state index in [2.05, 4.69) is 5.32 Å². The molecule has 0 saturated carbocycles. The number of thiophene rings is 1. The molecule has 0 aliphatic heterocycles. The zero-order valence-electron chi connectivity index (χ0n) is 17.0. The molecule has 0 unspecified atom stereocenters. The van der Waals surface area contributed by atoms with Crippen molar-refractivity contribution < 1.29 is 23.7 Å². The normalized spacial score (nSPS) is 10.4. The second kappa shape index (κ2) is 8.87. The summed E-state index contributed by atoms with van der Waals surface area (Å²) in [6.45, 7) is 1.47. The Morgan fingerprint density at radius 1 is 0.828 bits per heavy atom. The smallest absolute Gasteiger partial charge is 0.221 e. The number of anilines is 1. The van der Waals surface area contributed by atoms with Crippen LogP contribution in [0.4, 0.5) is 5.69 Å². The number of carbonyl (C=O) groups is 1. The lowest BCUT2D eigenvalue weighted by Gasteiger charge is -2.15. The van der Waals surface area contributed by atoms with Crippen LogP contribution in [-0.4, -0.2) is 34.3 Å². The maximum atomic E-state index is 11.6. The quantitative estimate of drug-likeness (QED) is 0.585. The average molecular weight is 413 g/mol. The third-order valence-corrected chi connectivity index (χ3v) is 5.38. The highest BCUT2D eigenvalue weighted by atomic mass is 32.1. The average Bonchev–Trinajstić information content (AvgIpc) is 3.22. The van der Waals surface area contributed by atoms with Gasteiger partial charge < -0.3 is 24.3 Å². The second-order valence-corrected chi connectivity index (χ2v) is 7.09. The molecule has 6 nitrogen and oxygen atoms in total. The Bertz CT molecular complexity index is 1000. The minimum Gasteiger partial charge on any atom is -0.495 e. The lowest BCUT2D eigenvalue weighted by molar-refractivity contribution is -0.114. The number of hydrogen-bond donors (Lipinski definition) is 1. The van der Waals surface area contributed by atoms with Crippen molar-refractivity contribution >= 4 is 22.9 Å². The van der Waals surface area contributed by atoms with E-state index in [0.717, 1.165) is 21.6 Å². The first-order valence-corrected chi connectivity index (χ1v) is 9.74. The minimum atomic E-state index is -0.156. The Hall–Kier alpha value is -3.19. The van der Waals surface area contributed by atoms with Gasteiger partial charge in [0.2, 0.25) is 11.7 Å². The predicted octanol–water partition coefficient (Wildman–Crippen LogP) is 5.07. The van der Waals surface area contributed by atoms with E-state index < -0.39 is 0 Å². The number of rotatable bonds is 7. The lowest BCUT2D eigenvalue weighted by Crippen LogP contribution is -2.07. The molecule has 0 bridgehead atoms. The summed E-state index contributed by atoms with van der Waals surface area (Å²) in [5.41, 5.74) is 3.55. The van der Waals surface area contributed by atoms with Gasteiger partial charge in [0.25, 0.3) is 0 Å². The van der Waals surface area contributed by atoms with E-state index in [1.807, 2.05) is 41.8 Å². The lowest BCUT2D eigenvalue weighted by atomic mass is 10.0. The number of hydrogen-bond acceptors (Lipinski definition) is 6. The molecular formula is C22H23NO5S. The molecule has 0 spiro atoms. The van der Waals surface area contributed by atoms with Gasteiger partial charge >= 0.3 is 0 Å². The molecule has 0 radical (unpaired) electrons. The van der Waals surface area contributed by atoms with Crippen LogP contribution >= 0.6 is 11.3 Å². The summed E-state index contributed by atoms with van der Waals surface area (Å²) < 4.78 is 21.8. The summed E-state index contributed by atoms with van der Waals surface area (Å²) in [6.07, 6.45) is 0. The second-order valence-electron chi connectivity index (χ2n) is 6.17. The number of amides is 1. The largest absolute Gasteiger partial charge is 0.495 e. The molecule has 3 aromatic rings. The van der Waals surface area contributed by atoms with E-state index in [4.69, 9.17) is 18.9 Å². The first-order valence-electron chi connectivity index (χ1n) is 8.86. The van der Waals surface area contributed by atoms with Crippen LogP contribution in [0.3, 0.4) is 0 Å². The van der Waals surface area contributed by atoms with E-state index >= 15 is 0 Å². The highest BCUT2D eigenvalue weighted by molar-refractivity contribution is 7.14. The Morgan fingerprint density at radius 3 is 2.03 bits per heavy atom. The summed E-state index contributed by atoms with van der Waals surface area (Å²) in [7, 11) is 6.35. The standard InChI is InChI=1S/C22H23NO5S/c1-13(24)23-17-10-14(6-7-18(17)25-2)22-16(8-9-29-22)15-11-19(26-3)21(28-5)20(12-15)27-4/h6-12H,1-5H3,(H,23,24). The number of benzene rings is 2. The molecule has 0 fully saturated rings. The van der Waals surface area contributed by atoms with Crippen LogP contribution in [-0.2, 0) is 4.79 Å². The Morgan fingerprint density at radius 2 is 1.48 bits per heavy atom. The fourth-order valence-electron chi connectivity index (χ4n) is 3.13. The zero-order chi connectivity index (χ0) is 21.0. The van der Waals surface area contributed by atoms with Crippen LogP contribution in [0.1, 0.15) is 6.92 Å². The van der Waals surface area contributed by atoms with Crippen molar-refractivity contribution in [1.82, 2.24) is 0 Å². The van der Waals surface area contributed by atoms with E-state index in [9.17, 15) is 4.79 Å². The van der Waals surface area contributed by atoms with Crippen LogP contribution in [0, 0.1) is 0 Å². The third-order valence-electron chi connectivity index (χ3n) is 4.41. The van der Waals surface area contributed by atoms with Gasteiger partial charge in [-0.3, -0.25) is 4.79 Å². The monoisotopic (exact) mass is 413 g/mol. The van der Waals surface area contributed by atoms with Crippen molar-refractivity contribution in [3.05, 3.63) is 41.8 Å². The van der Waals surface area contributed by atoms with Crippen LogP contribution in [0.25, 0.3) is 21.6 Å². The summed E-state index contributed by atoms with van der Waals surface area (Å²) >= 11 is 1.61. The molecule has 1 amide bonds. The summed E-state index contributed by atoms with van der Waals surface area (Å²) in [4.78, 5) is 12.6. The first kappa shape index (κ1) is 20.5. The van der Waals surface area contributed by atoms with Gasteiger partial charge in [-0.15, -0.1) is 11.3 Å². The predicted molar refractivity (Wildman–Crippen MR) is 116 cm³/mol. The highest BCUT2D eigenvalue weighted by Gasteiger charge is 2.18. The topological polar surface area (TPSA) is 66.0 Å².